The Morgan fingerprint density at radius 2 is 1.47 bits per heavy atom. The van der Waals surface area contributed by atoms with E-state index < -0.39 is 0 Å². The van der Waals surface area contributed by atoms with Crippen molar-refractivity contribution in [3.05, 3.63) is 12.2 Å². The van der Waals surface area contributed by atoms with Crippen LogP contribution >= 0.6 is 0 Å². The molecule has 0 nitrogen and oxygen atoms in total. The molecule has 2 aliphatic rings. The maximum absolute atomic E-state index is 2.57. The van der Waals surface area contributed by atoms with E-state index in [2.05, 4.69) is 19.1 Å². The Kier molecular flexibility index (Phi) is 3.88. The number of hydrogen-bond acceptors (Lipinski definition) is 0. The van der Waals surface area contributed by atoms with Crippen LogP contribution in [-0.2, 0) is 0 Å². The summed E-state index contributed by atoms with van der Waals surface area (Å²) in [5, 5.41) is 0. The van der Waals surface area contributed by atoms with Gasteiger partial charge in [0, 0.05) is 0 Å². The van der Waals surface area contributed by atoms with E-state index in [1.807, 2.05) is 0 Å². The smallest absolute Gasteiger partial charge is 0.00901 e. The van der Waals surface area contributed by atoms with Crippen LogP contribution in [0.15, 0.2) is 12.2 Å². The van der Waals surface area contributed by atoms with Gasteiger partial charge in [-0.05, 0) is 43.9 Å². The lowest BCUT2D eigenvalue weighted by atomic mass is 9.61. The number of rotatable bonds is 2. The predicted octanol–water partition coefficient (Wildman–Crippen LogP) is 5.09. The molecule has 86 valence electrons. The molecule has 0 aromatic carbocycles. The van der Waals surface area contributed by atoms with Gasteiger partial charge >= 0.3 is 0 Å². The van der Waals surface area contributed by atoms with Gasteiger partial charge in [0.2, 0.25) is 0 Å². The van der Waals surface area contributed by atoms with Crippen molar-refractivity contribution in [3.63, 3.8) is 0 Å². The van der Waals surface area contributed by atoms with Crippen molar-refractivity contribution in [3.8, 4) is 0 Å². The Morgan fingerprint density at radius 1 is 0.867 bits per heavy atom. The van der Waals surface area contributed by atoms with E-state index in [4.69, 9.17) is 0 Å². The Bertz CT molecular complexity index is 202. The molecular formula is C15H26. The van der Waals surface area contributed by atoms with Crippen molar-refractivity contribution in [1.82, 2.24) is 0 Å². The Hall–Kier alpha value is -0.260. The van der Waals surface area contributed by atoms with Crippen LogP contribution in [-0.4, -0.2) is 0 Å². The van der Waals surface area contributed by atoms with E-state index >= 15 is 0 Å². The quantitative estimate of drug-likeness (QED) is 0.552. The topological polar surface area (TPSA) is 0 Å². The summed E-state index contributed by atoms with van der Waals surface area (Å²) in [6.45, 7) is 2.21. The molecule has 2 rings (SSSR count). The lowest BCUT2D eigenvalue weighted by molar-refractivity contribution is 0.118. The molecule has 0 spiro atoms. The minimum absolute atomic E-state index is 0.618. The van der Waals surface area contributed by atoms with Crippen LogP contribution < -0.4 is 0 Å². The predicted molar refractivity (Wildman–Crippen MR) is 66.9 cm³/mol. The lowest BCUT2D eigenvalue weighted by Crippen LogP contribution is -2.32. The maximum Gasteiger partial charge on any atom is -0.00901 e. The summed E-state index contributed by atoms with van der Waals surface area (Å²) in [6.07, 6.45) is 19.7. The zero-order valence-electron chi connectivity index (χ0n) is 10.3. The SMILES string of the molecule is CC=CC1(C2CCCCC2)CCCCC1. The molecule has 0 bridgehead atoms. The summed E-state index contributed by atoms with van der Waals surface area (Å²) in [5.41, 5.74) is 0.618. The van der Waals surface area contributed by atoms with E-state index in [9.17, 15) is 0 Å². The van der Waals surface area contributed by atoms with Crippen LogP contribution in [0, 0.1) is 11.3 Å². The normalized spacial score (nSPS) is 28.3. The van der Waals surface area contributed by atoms with Crippen molar-refractivity contribution in [2.24, 2.45) is 11.3 Å². The average Bonchev–Trinajstić information content (AvgIpc) is 2.32. The van der Waals surface area contributed by atoms with Gasteiger partial charge in [-0.2, -0.15) is 0 Å². The fraction of sp³-hybridized carbons (Fsp3) is 0.867. The molecule has 0 aromatic rings. The van der Waals surface area contributed by atoms with Crippen LogP contribution in [0.4, 0.5) is 0 Å². The fourth-order valence-corrected chi connectivity index (χ4v) is 3.93. The third kappa shape index (κ3) is 2.46. The molecule has 0 heterocycles. The summed E-state index contributed by atoms with van der Waals surface area (Å²) in [7, 11) is 0. The highest BCUT2D eigenvalue weighted by Gasteiger charge is 2.37. The van der Waals surface area contributed by atoms with Crippen molar-refractivity contribution >= 4 is 0 Å². The van der Waals surface area contributed by atoms with Crippen LogP contribution in [0.25, 0.3) is 0 Å². The summed E-state index contributed by atoms with van der Waals surface area (Å²) in [4.78, 5) is 0. The molecule has 2 aliphatic carbocycles. The molecule has 2 fully saturated rings. The largest absolute Gasteiger partial charge is 0.0911 e. The number of hydrogen-bond donors (Lipinski definition) is 0. The summed E-state index contributed by atoms with van der Waals surface area (Å²) < 4.78 is 0. The maximum atomic E-state index is 2.57. The molecule has 0 aliphatic heterocycles. The standard InChI is InChI=1S/C15H26/c1-2-11-15(12-7-4-8-13-15)14-9-5-3-6-10-14/h2,11,14H,3-10,12-13H2,1H3. The van der Waals surface area contributed by atoms with E-state index in [0.29, 0.717) is 5.41 Å². The zero-order valence-corrected chi connectivity index (χ0v) is 10.3. The van der Waals surface area contributed by atoms with E-state index in [1.54, 1.807) is 0 Å². The molecular weight excluding hydrogens is 180 g/mol. The van der Waals surface area contributed by atoms with Crippen molar-refractivity contribution in [2.75, 3.05) is 0 Å². The van der Waals surface area contributed by atoms with E-state index in [1.165, 1.54) is 64.2 Å². The highest BCUT2D eigenvalue weighted by atomic mass is 14.4. The van der Waals surface area contributed by atoms with Gasteiger partial charge in [0.1, 0.15) is 0 Å². The molecule has 0 atom stereocenters. The van der Waals surface area contributed by atoms with Gasteiger partial charge < -0.3 is 0 Å². The Balaban J connectivity index is 2.08. The van der Waals surface area contributed by atoms with Crippen LogP contribution in [0.5, 0.6) is 0 Å². The molecule has 2 saturated carbocycles. The minimum Gasteiger partial charge on any atom is -0.0911 e. The van der Waals surface area contributed by atoms with Gasteiger partial charge in [-0.15, -0.1) is 0 Å². The molecule has 0 heteroatoms. The zero-order chi connectivity index (χ0) is 10.6. The van der Waals surface area contributed by atoms with Crippen molar-refractivity contribution in [2.45, 2.75) is 71.1 Å². The van der Waals surface area contributed by atoms with E-state index in [-0.39, 0.29) is 0 Å². The number of allylic oxidation sites excluding steroid dienone is 2. The molecule has 0 saturated heterocycles. The second kappa shape index (κ2) is 5.18. The van der Waals surface area contributed by atoms with Gasteiger partial charge in [0.15, 0.2) is 0 Å². The summed E-state index contributed by atoms with van der Waals surface area (Å²) in [5.74, 6) is 1.02. The molecule has 0 amide bonds. The minimum atomic E-state index is 0.618. The average molecular weight is 206 g/mol. The third-order valence-corrected chi connectivity index (χ3v) is 4.70. The second-order valence-corrected chi connectivity index (χ2v) is 5.63. The Morgan fingerprint density at radius 3 is 2.07 bits per heavy atom. The van der Waals surface area contributed by atoms with Crippen LogP contribution in [0.3, 0.4) is 0 Å². The highest BCUT2D eigenvalue weighted by Crippen LogP contribution is 2.49. The van der Waals surface area contributed by atoms with Gasteiger partial charge in [-0.3, -0.25) is 0 Å². The highest BCUT2D eigenvalue weighted by molar-refractivity contribution is 5.04. The van der Waals surface area contributed by atoms with Crippen molar-refractivity contribution < 1.29 is 0 Å². The first kappa shape index (κ1) is 11.2. The molecule has 0 N–H and O–H groups in total. The van der Waals surface area contributed by atoms with Crippen LogP contribution in [0.2, 0.25) is 0 Å². The lowest BCUT2D eigenvalue weighted by Gasteiger charge is -2.43. The summed E-state index contributed by atoms with van der Waals surface area (Å²) >= 11 is 0. The first-order chi connectivity index (χ1) is 7.37. The van der Waals surface area contributed by atoms with E-state index in [0.717, 1.165) is 5.92 Å². The monoisotopic (exact) mass is 206 g/mol. The second-order valence-electron chi connectivity index (χ2n) is 5.63. The summed E-state index contributed by atoms with van der Waals surface area (Å²) in [6, 6.07) is 0. The fourth-order valence-electron chi connectivity index (χ4n) is 3.93. The molecule has 0 aromatic heterocycles. The van der Waals surface area contributed by atoms with Gasteiger partial charge in [-0.25, -0.2) is 0 Å². The molecule has 15 heavy (non-hydrogen) atoms. The van der Waals surface area contributed by atoms with Gasteiger partial charge in [0.05, 0.1) is 0 Å². The first-order valence-electron chi connectivity index (χ1n) is 7.01. The van der Waals surface area contributed by atoms with Crippen LogP contribution in [0.1, 0.15) is 71.1 Å². The van der Waals surface area contributed by atoms with Crippen molar-refractivity contribution in [1.29, 1.82) is 0 Å². The first-order valence-corrected chi connectivity index (χ1v) is 7.01. The third-order valence-electron chi connectivity index (χ3n) is 4.70. The Labute approximate surface area is 95.1 Å². The molecule has 0 unspecified atom stereocenters. The van der Waals surface area contributed by atoms with Gasteiger partial charge in [-0.1, -0.05) is 50.7 Å². The molecule has 0 radical (unpaired) electrons. The van der Waals surface area contributed by atoms with Gasteiger partial charge in [0.25, 0.3) is 0 Å².